The SMILES string of the molecule is COc1ccc(CN2C(=S)N[C@@H](c3ccccn3)[C@@H]2c2cc(C)n(-c3cccc(OC)c3)c2C)cc1. The second-order valence-electron chi connectivity index (χ2n) is 8.97. The van der Waals surface area contributed by atoms with E-state index >= 15 is 0 Å². The van der Waals surface area contributed by atoms with E-state index in [-0.39, 0.29) is 12.1 Å². The van der Waals surface area contributed by atoms with Crippen molar-refractivity contribution in [1.29, 1.82) is 0 Å². The Kier molecular flexibility index (Phi) is 6.65. The van der Waals surface area contributed by atoms with Crippen molar-refractivity contribution in [3.63, 3.8) is 0 Å². The van der Waals surface area contributed by atoms with Gasteiger partial charge in [0.15, 0.2) is 5.11 Å². The number of ether oxygens (including phenoxy) is 2. The number of aromatic nitrogens is 2. The van der Waals surface area contributed by atoms with Crippen LogP contribution in [0, 0.1) is 13.8 Å². The molecular formula is C29H30N4O2S. The van der Waals surface area contributed by atoms with Crippen molar-refractivity contribution in [2.45, 2.75) is 32.5 Å². The third-order valence-corrected chi connectivity index (χ3v) is 7.16. The van der Waals surface area contributed by atoms with Crippen LogP contribution in [0.2, 0.25) is 0 Å². The molecule has 1 aliphatic heterocycles. The van der Waals surface area contributed by atoms with E-state index in [9.17, 15) is 0 Å². The van der Waals surface area contributed by atoms with Crippen LogP contribution in [0.15, 0.2) is 79.0 Å². The maximum absolute atomic E-state index is 5.89. The number of nitrogens with one attached hydrogen (secondary N) is 1. The van der Waals surface area contributed by atoms with Crippen molar-refractivity contribution in [2.75, 3.05) is 14.2 Å². The third-order valence-electron chi connectivity index (χ3n) is 6.81. The highest BCUT2D eigenvalue weighted by Gasteiger charge is 2.41. The van der Waals surface area contributed by atoms with Crippen LogP contribution in [0.25, 0.3) is 5.69 Å². The number of rotatable bonds is 7. The minimum atomic E-state index is -0.0730. The van der Waals surface area contributed by atoms with Crippen LogP contribution in [0.4, 0.5) is 0 Å². The summed E-state index contributed by atoms with van der Waals surface area (Å²) in [7, 11) is 3.37. The summed E-state index contributed by atoms with van der Waals surface area (Å²) >= 11 is 5.89. The summed E-state index contributed by atoms with van der Waals surface area (Å²) in [5.74, 6) is 1.67. The summed E-state index contributed by atoms with van der Waals surface area (Å²) in [5, 5.41) is 4.29. The molecule has 1 aliphatic rings. The minimum absolute atomic E-state index is 0.0277. The number of benzene rings is 2. The Labute approximate surface area is 217 Å². The summed E-state index contributed by atoms with van der Waals surface area (Å²) in [5.41, 5.74) is 6.73. The Hall–Kier alpha value is -3.84. The fourth-order valence-electron chi connectivity index (χ4n) is 5.08. The molecule has 0 bridgehead atoms. The Bertz CT molecular complexity index is 1370. The van der Waals surface area contributed by atoms with Gasteiger partial charge in [-0.15, -0.1) is 0 Å². The lowest BCUT2D eigenvalue weighted by molar-refractivity contribution is 0.310. The number of hydrogen-bond donors (Lipinski definition) is 1. The lowest BCUT2D eigenvalue weighted by Gasteiger charge is -2.28. The van der Waals surface area contributed by atoms with Gasteiger partial charge in [-0.3, -0.25) is 4.98 Å². The van der Waals surface area contributed by atoms with E-state index in [1.54, 1.807) is 14.2 Å². The molecule has 4 aromatic rings. The minimum Gasteiger partial charge on any atom is -0.497 e. The number of hydrogen-bond acceptors (Lipinski definition) is 4. The van der Waals surface area contributed by atoms with Gasteiger partial charge in [-0.05, 0) is 79.7 Å². The Morgan fingerprint density at radius 1 is 0.917 bits per heavy atom. The monoisotopic (exact) mass is 498 g/mol. The van der Waals surface area contributed by atoms with Crippen molar-refractivity contribution in [3.8, 4) is 17.2 Å². The maximum atomic E-state index is 5.89. The van der Waals surface area contributed by atoms with Gasteiger partial charge >= 0.3 is 0 Å². The normalized spacial score (nSPS) is 17.2. The van der Waals surface area contributed by atoms with Crippen LogP contribution in [0.5, 0.6) is 11.5 Å². The summed E-state index contributed by atoms with van der Waals surface area (Å²) in [6, 6.07) is 24.5. The molecule has 2 atom stereocenters. The lowest BCUT2D eigenvalue weighted by Crippen LogP contribution is -2.29. The number of methoxy groups -OCH3 is 2. The molecule has 5 rings (SSSR count). The Balaban J connectivity index is 1.59. The highest BCUT2D eigenvalue weighted by Crippen LogP contribution is 2.42. The quantitative estimate of drug-likeness (QED) is 0.331. The second kappa shape index (κ2) is 10.0. The van der Waals surface area contributed by atoms with Gasteiger partial charge in [0.2, 0.25) is 0 Å². The van der Waals surface area contributed by atoms with Crippen LogP contribution in [-0.2, 0) is 6.54 Å². The van der Waals surface area contributed by atoms with Crippen LogP contribution in [0.3, 0.4) is 0 Å². The van der Waals surface area contributed by atoms with E-state index in [4.69, 9.17) is 21.7 Å². The highest BCUT2D eigenvalue weighted by molar-refractivity contribution is 7.80. The van der Waals surface area contributed by atoms with E-state index in [2.05, 4.69) is 70.0 Å². The molecule has 0 amide bonds. The van der Waals surface area contributed by atoms with Crippen LogP contribution in [-0.4, -0.2) is 33.8 Å². The molecule has 2 aromatic heterocycles. The highest BCUT2D eigenvalue weighted by atomic mass is 32.1. The zero-order valence-electron chi connectivity index (χ0n) is 20.9. The van der Waals surface area contributed by atoms with Crippen LogP contribution in [0.1, 0.15) is 40.3 Å². The van der Waals surface area contributed by atoms with Crippen molar-refractivity contribution in [3.05, 3.63) is 107 Å². The first kappa shape index (κ1) is 23.9. The smallest absolute Gasteiger partial charge is 0.170 e. The number of thiocarbonyl (C=S) groups is 1. The van der Waals surface area contributed by atoms with Gasteiger partial charge in [0.05, 0.1) is 32.0 Å². The van der Waals surface area contributed by atoms with Gasteiger partial charge in [0, 0.05) is 35.9 Å². The molecular weight excluding hydrogens is 468 g/mol. The zero-order valence-corrected chi connectivity index (χ0v) is 21.8. The first-order chi connectivity index (χ1) is 17.5. The predicted octanol–water partition coefficient (Wildman–Crippen LogP) is 5.68. The molecule has 36 heavy (non-hydrogen) atoms. The third kappa shape index (κ3) is 4.42. The summed E-state index contributed by atoms with van der Waals surface area (Å²) in [6.45, 7) is 4.98. The zero-order chi connectivity index (χ0) is 25.2. The van der Waals surface area contributed by atoms with E-state index in [1.807, 2.05) is 42.6 Å². The Morgan fingerprint density at radius 3 is 2.39 bits per heavy atom. The molecule has 0 spiro atoms. The largest absolute Gasteiger partial charge is 0.497 e. The van der Waals surface area contributed by atoms with Gasteiger partial charge in [0.1, 0.15) is 11.5 Å². The second-order valence-corrected chi connectivity index (χ2v) is 9.35. The van der Waals surface area contributed by atoms with Crippen molar-refractivity contribution in [1.82, 2.24) is 19.8 Å². The van der Waals surface area contributed by atoms with Gasteiger partial charge in [-0.25, -0.2) is 0 Å². The topological polar surface area (TPSA) is 51.5 Å². The van der Waals surface area contributed by atoms with Crippen LogP contribution < -0.4 is 14.8 Å². The molecule has 3 heterocycles. The molecule has 6 nitrogen and oxygen atoms in total. The Morgan fingerprint density at radius 2 is 1.69 bits per heavy atom. The summed E-state index contributed by atoms with van der Waals surface area (Å²) < 4.78 is 13.1. The standard InChI is InChI=1S/C29H30N4O2S/c1-19-16-25(20(2)33(19)22-8-7-9-24(17-22)35-4)28-27(26-10-5-6-15-30-26)31-29(36)32(28)18-21-11-13-23(34-3)14-12-21/h5-17,27-28H,18H2,1-4H3,(H,31,36)/t27-,28-/m0/s1. The van der Waals surface area contributed by atoms with Crippen LogP contribution >= 0.6 is 12.2 Å². The maximum Gasteiger partial charge on any atom is 0.170 e. The van der Waals surface area contributed by atoms with Crippen molar-refractivity contribution >= 4 is 17.3 Å². The van der Waals surface area contributed by atoms with E-state index in [1.165, 1.54) is 5.56 Å². The predicted molar refractivity (Wildman–Crippen MR) is 146 cm³/mol. The van der Waals surface area contributed by atoms with Gasteiger partial charge in [0.25, 0.3) is 0 Å². The first-order valence-corrected chi connectivity index (χ1v) is 12.3. The molecule has 0 radical (unpaired) electrons. The average Bonchev–Trinajstić information content (AvgIpc) is 3.39. The fraction of sp³-hybridized carbons (Fsp3) is 0.241. The fourth-order valence-corrected chi connectivity index (χ4v) is 5.38. The number of pyridine rings is 1. The molecule has 7 heteroatoms. The summed E-state index contributed by atoms with van der Waals surface area (Å²) in [6.07, 6.45) is 1.84. The van der Waals surface area contributed by atoms with Crippen molar-refractivity contribution < 1.29 is 9.47 Å². The molecule has 0 unspecified atom stereocenters. The van der Waals surface area contributed by atoms with E-state index in [0.717, 1.165) is 44.9 Å². The molecule has 0 saturated carbocycles. The average molecular weight is 499 g/mol. The van der Waals surface area contributed by atoms with E-state index in [0.29, 0.717) is 6.54 Å². The lowest BCUT2D eigenvalue weighted by atomic mass is 9.96. The van der Waals surface area contributed by atoms with Gasteiger partial charge in [-0.2, -0.15) is 0 Å². The number of nitrogens with zero attached hydrogens (tertiary/aromatic N) is 3. The molecule has 2 aromatic carbocycles. The number of aryl methyl sites for hydroxylation is 1. The summed E-state index contributed by atoms with van der Waals surface area (Å²) in [4.78, 5) is 6.96. The molecule has 1 fully saturated rings. The van der Waals surface area contributed by atoms with Gasteiger partial charge < -0.3 is 24.3 Å². The molecule has 1 saturated heterocycles. The molecule has 1 N–H and O–H groups in total. The van der Waals surface area contributed by atoms with Crippen molar-refractivity contribution in [2.24, 2.45) is 0 Å². The molecule has 184 valence electrons. The molecule has 0 aliphatic carbocycles. The van der Waals surface area contributed by atoms with E-state index < -0.39 is 0 Å². The first-order valence-electron chi connectivity index (χ1n) is 11.9. The van der Waals surface area contributed by atoms with Gasteiger partial charge in [-0.1, -0.05) is 24.3 Å².